The Morgan fingerprint density at radius 2 is 2.21 bits per heavy atom. The summed E-state index contributed by atoms with van der Waals surface area (Å²) in [6, 6.07) is 5.33. The molecule has 2 heterocycles. The number of anilines is 1. The number of fused-ring (bicyclic) bond motifs is 3. The first-order valence-corrected chi connectivity index (χ1v) is 6.76. The van der Waals surface area contributed by atoms with Crippen LogP contribution in [-0.4, -0.2) is 50.4 Å². The lowest BCUT2D eigenvalue weighted by molar-refractivity contribution is 0.195. The molecule has 19 heavy (non-hydrogen) atoms. The molecule has 0 unspecified atom stereocenters. The number of piperazine rings is 1. The van der Waals surface area contributed by atoms with Gasteiger partial charge in [-0.25, -0.2) is 8.78 Å². The largest absolute Gasteiger partial charge is 0.488 e. The van der Waals surface area contributed by atoms with Crippen molar-refractivity contribution in [2.24, 2.45) is 0 Å². The van der Waals surface area contributed by atoms with Gasteiger partial charge >= 0.3 is 0 Å². The van der Waals surface area contributed by atoms with E-state index in [1.54, 1.807) is 6.07 Å². The Balaban J connectivity index is 1.86. The fourth-order valence-electron chi connectivity index (χ4n) is 2.97. The Morgan fingerprint density at radius 1 is 1.32 bits per heavy atom. The highest BCUT2D eigenvalue weighted by molar-refractivity contribution is 5.60. The molecule has 5 heteroatoms. The molecule has 0 amide bonds. The quantitative estimate of drug-likeness (QED) is 0.816. The molecule has 0 aromatic heterocycles. The molecule has 0 bridgehead atoms. The Labute approximate surface area is 111 Å². The van der Waals surface area contributed by atoms with Crippen molar-refractivity contribution in [2.75, 3.05) is 44.4 Å². The van der Waals surface area contributed by atoms with Crippen LogP contribution in [0.3, 0.4) is 0 Å². The van der Waals surface area contributed by atoms with E-state index in [0.29, 0.717) is 18.9 Å². The highest BCUT2D eigenvalue weighted by Gasteiger charge is 2.31. The summed E-state index contributed by atoms with van der Waals surface area (Å²) >= 11 is 0. The Hall–Kier alpha value is -1.36. The minimum Gasteiger partial charge on any atom is -0.488 e. The summed E-state index contributed by atoms with van der Waals surface area (Å²) in [5, 5.41) is 0. The first-order valence-electron chi connectivity index (χ1n) is 6.76. The lowest BCUT2D eigenvalue weighted by atomic mass is 10.1. The second-order valence-corrected chi connectivity index (χ2v) is 5.06. The number of para-hydroxylation sites is 1. The summed E-state index contributed by atoms with van der Waals surface area (Å²) in [5.74, 6) is 0.0632. The molecule has 0 N–H and O–H groups in total. The fourth-order valence-corrected chi connectivity index (χ4v) is 2.97. The average Bonchev–Trinajstić information content (AvgIpc) is 2.59. The standard InChI is InChI=1S/C14H18F2N2O/c15-5-6-17-7-8-18-11(10-17)4-9-19-14-12(16)2-1-3-13(14)18/h1-3,11H,4-10H2/t11-/m0/s1. The van der Waals surface area contributed by atoms with Gasteiger partial charge in [-0.05, 0) is 12.1 Å². The van der Waals surface area contributed by atoms with Crippen LogP contribution in [0.25, 0.3) is 0 Å². The molecule has 1 saturated heterocycles. The van der Waals surface area contributed by atoms with Gasteiger partial charge in [0.15, 0.2) is 11.6 Å². The van der Waals surface area contributed by atoms with E-state index in [1.165, 1.54) is 6.07 Å². The van der Waals surface area contributed by atoms with Crippen molar-refractivity contribution in [3.8, 4) is 5.75 Å². The van der Waals surface area contributed by atoms with Gasteiger partial charge in [0, 0.05) is 38.6 Å². The van der Waals surface area contributed by atoms with Gasteiger partial charge in [-0.15, -0.1) is 0 Å². The zero-order valence-corrected chi connectivity index (χ0v) is 10.8. The van der Waals surface area contributed by atoms with Crippen LogP contribution in [-0.2, 0) is 0 Å². The van der Waals surface area contributed by atoms with Crippen molar-refractivity contribution < 1.29 is 13.5 Å². The van der Waals surface area contributed by atoms with Gasteiger partial charge in [-0.3, -0.25) is 4.90 Å². The molecule has 1 aromatic carbocycles. The third-order valence-corrected chi connectivity index (χ3v) is 3.92. The number of halogens is 2. The normalized spacial score (nSPS) is 23.3. The van der Waals surface area contributed by atoms with E-state index in [1.807, 2.05) is 6.07 Å². The van der Waals surface area contributed by atoms with E-state index in [-0.39, 0.29) is 18.5 Å². The average molecular weight is 268 g/mol. The SMILES string of the molecule is FCCN1CCN2c3cccc(F)c3OCC[C@H]2C1. The highest BCUT2D eigenvalue weighted by Crippen LogP contribution is 2.36. The number of rotatable bonds is 2. The first-order chi connectivity index (χ1) is 9.29. The number of alkyl halides is 1. The van der Waals surface area contributed by atoms with Crippen molar-refractivity contribution >= 4 is 5.69 Å². The molecule has 1 aromatic rings. The van der Waals surface area contributed by atoms with Gasteiger partial charge in [0.05, 0.1) is 12.3 Å². The van der Waals surface area contributed by atoms with E-state index in [9.17, 15) is 8.78 Å². The Bertz CT molecular complexity index is 455. The van der Waals surface area contributed by atoms with Crippen molar-refractivity contribution in [1.82, 2.24) is 4.90 Å². The molecule has 2 aliphatic rings. The van der Waals surface area contributed by atoms with Crippen LogP contribution in [0.2, 0.25) is 0 Å². The lowest BCUT2D eigenvalue weighted by Gasteiger charge is -2.41. The van der Waals surface area contributed by atoms with Crippen molar-refractivity contribution in [2.45, 2.75) is 12.5 Å². The smallest absolute Gasteiger partial charge is 0.178 e. The van der Waals surface area contributed by atoms with Crippen LogP contribution in [0, 0.1) is 5.82 Å². The van der Waals surface area contributed by atoms with Gasteiger partial charge in [0.25, 0.3) is 0 Å². The van der Waals surface area contributed by atoms with E-state index >= 15 is 0 Å². The molecule has 0 spiro atoms. The third kappa shape index (κ3) is 2.39. The molecule has 104 valence electrons. The van der Waals surface area contributed by atoms with E-state index in [2.05, 4.69) is 9.80 Å². The Kier molecular flexibility index (Phi) is 3.55. The summed E-state index contributed by atoms with van der Waals surface area (Å²) in [5.41, 5.74) is 0.836. The minimum absolute atomic E-state index is 0.281. The molecule has 0 aliphatic carbocycles. The number of hydrogen-bond acceptors (Lipinski definition) is 3. The van der Waals surface area contributed by atoms with Gasteiger partial charge < -0.3 is 9.64 Å². The number of hydrogen-bond donors (Lipinski definition) is 0. The van der Waals surface area contributed by atoms with Gasteiger partial charge in [0.1, 0.15) is 6.67 Å². The predicted octanol–water partition coefficient (Wildman–Crippen LogP) is 2.07. The Morgan fingerprint density at radius 3 is 3.05 bits per heavy atom. The molecular formula is C14H18F2N2O. The monoisotopic (exact) mass is 268 g/mol. The maximum absolute atomic E-state index is 13.8. The molecular weight excluding hydrogens is 250 g/mol. The van der Waals surface area contributed by atoms with E-state index in [0.717, 1.165) is 31.7 Å². The van der Waals surface area contributed by atoms with E-state index in [4.69, 9.17) is 4.74 Å². The summed E-state index contributed by atoms with van der Waals surface area (Å²) in [6.07, 6.45) is 0.844. The second kappa shape index (κ2) is 5.33. The van der Waals surface area contributed by atoms with Crippen molar-refractivity contribution in [3.63, 3.8) is 0 Å². The summed E-state index contributed by atoms with van der Waals surface area (Å²) < 4.78 is 31.8. The maximum atomic E-state index is 13.8. The first kappa shape index (κ1) is 12.7. The zero-order valence-electron chi connectivity index (χ0n) is 10.8. The van der Waals surface area contributed by atoms with Crippen LogP contribution in [0.5, 0.6) is 5.75 Å². The van der Waals surface area contributed by atoms with Crippen LogP contribution in [0.1, 0.15) is 6.42 Å². The topological polar surface area (TPSA) is 15.7 Å². The number of ether oxygens (including phenoxy) is 1. The molecule has 3 nitrogen and oxygen atoms in total. The van der Waals surface area contributed by atoms with Crippen LogP contribution >= 0.6 is 0 Å². The van der Waals surface area contributed by atoms with Crippen LogP contribution in [0.15, 0.2) is 18.2 Å². The summed E-state index contributed by atoms with van der Waals surface area (Å²) in [4.78, 5) is 4.34. The van der Waals surface area contributed by atoms with Gasteiger partial charge in [-0.1, -0.05) is 6.07 Å². The molecule has 2 aliphatic heterocycles. The summed E-state index contributed by atoms with van der Waals surface area (Å²) in [6.45, 7) is 3.12. The minimum atomic E-state index is -0.311. The molecule has 1 atom stereocenters. The van der Waals surface area contributed by atoms with Gasteiger partial charge in [-0.2, -0.15) is 0 Å². The maximum Gasteiger partial charge on any atom is 0.178 e. The third-order valence-electron chi connectivity index (χ3n) is 3.92. The molecule has 1 fully saturated rings. The van der Waals surface area contributed by atoms with Crippen molar-refractivity contribution in [1.29, 1.82) is 0 Å². The second-order valence-electron chi connectivity index (χ2n) is 5.06. The van der Waals surface area contributed by atoms with Crippen LogP contribution in [0.4, 0.5) is 14.5 Å². The highest BCUT2D eigenvalue weighted by atomic mass is 19.1. The van der Waals surface area contributed by atoms with Crippen LogP contribution < -0.4 is 9.64 Å². The number of nitrogens with zero attached hydrogens (tertiary/aromatic N) is 2. The van der Waals surface area contributed by atoms with Gasteiger partial charge in [0.2, 0.25) is 0 Å². The van der Waals surface area contributed by atoms with Crippen molar-refractivity contribution in [3.05, 3.63) is 24.0 Å². The lowest BCUT2D eigenvalue weighted by Crippen LogP contribution is -2.53. The summed E-state index contributed by atoms with van der Waals surface area (Å²) in [7, 11) is 0. The van der Waals surface area contributed by atoms with E-state index < -0.39 is 0 Å². The fraction of sp³-hybridized carbons (Fsp3) is 0.571. The number of benzene rings is 1. The molecule has 0 saturated carbocycles. The zero-order chi connectivity index (χ0) is 13.2. The molecule has 3 rings (SSSR count). The molecule has 0 radical (unpaired) electrons. The predicted molar refractivity (Wildman–Crippen MR) is 70.1 cm³/mol.